The zero-order valence-electron chi connectivity index (χ0n) is 18.9. The number of hydrogen-bond acceptors (Lipinski definition) is 1. The molecular weight excluding hydrogens is 442 g/mol. The summed E-state index contributed by atoms with van der Waals surface area (Å²) in [5, 5.41) is 3.94. The lowest BCUT2D eigenvalue weighted by Crippen LogP contribution is -2.53. The Morgan fingerprint density at radius 3 is 2.19 bits per heavy atom. The molecule has 3 fully saturated rings. The number of hydrogen-bond donors (Lipinski definition) is 1. The van der Waals surface area contributed by atoms with Crippen molar-refractivity contribution in [2.45, 2.75) is 69.3 Å². The highest BCUT2D eigenvalue weighted by molar-refractivity contribution is 9.09. The van der Waals surface area contributed by atoms with E-state index in [0.29, 0.717) is 10.9 Å². The highest BCUT2D eigenvalue weighted by Crippen LogP contribution is 2.57. The largest absolute Gasteiger partial charge is 0.302 e. The molecule has 1 heterocycles. The normalized spacial score (nSPS) is 38.9. The molecular formula is C29H36BrN. The van der Waals surface area contributed by atoms with Gasteiger partial charge in [0.25, 0.3) is 0 Å². The quantitative estimate of drug-likeness (QED) is 0.354. The van der Waals surface area contributed by atoms with Crippen LogP contribution in [-0.2, 0) is 0 Å². The Kier molecular flexibility index (Phi) is 5.30. The van der Waals surface area contributed by atoms with Crippen molar-refractivity contribution >= 4 is 15.9 Å². The summed E-state index contributed by atoms with van der Waals surface area (Å²) in [6.45, 7) is 5.15. The van der Waals surface area contributed by atoms with Gasteiger partial charge in [-0.1, -0.05) is 78.3 Å². The van der Waals surface area contributed by atoms with Crippen LogP contribution in [0.3, 0.4) is 0 Å². The van der Waals surface area contributed by atoms with E-state index < -0.39 is 0 Å². The Hall–Kier alpha value is -1.12. The van der Waals surface area contributed by atoms with E-state index in [9.17, 15) is 0 Å². The van der Waals surface area contributed by atoms with Gasteiger partial charge in [0.2, 0.25) is 0 Å². The van der Waals surface area contributed by atoms with Crippen LogP contribution in [0.2, 0.25) is 0 Å². The van der Waals surface area contributed by atoms with Gasteiger partial charge in [-0.25, -0.2) is 0 Å². The van der Waals surface area contributed by atoms with Crippen LogP contribution in [0.5, 0.6) is 0 Å². The third-order valence-corrected chi connectivity index (χ3v) is 10.5. The molecule has 1 N–H and O–H groups in total. The number of benzene rings is 2. The molecule has 0 amide bonds. The molecule has 8 atom stereocenters. The Bertz CT molecular complexity index is 906. The first-order valence-electron chi connectivity index (χ1n) is 12.7. The Balaban J connectivity index is 1.23. The minimum Gasteiger partial charge on any atom is -0.302 e. The lowest BCUT2D eigenvalue weighted by Gasteiger charge is -2.49. The van der Waals surface area contributed by atoms with Crippen LogP contribution in [0.4, 0.5) is 0 Å². The molecule has 1 nitrogen and oxygen atoms in total. The van der Waals surface area contributed by atoms with Crippen molar-refractivity contribution in [2.75, 3.05) is 0 Å². The summed E-state index contributed by atoms with van der Waals surface area (Å²) in [7, 11) is 0. The fraction of sp³-hybridized carbons (Fsp3) is 0.586. The maximum Gasteiger partial charge on any atom is 0.0632 e. The van der Waals surface area contributed by atoms with Crippen molar-refractivity contribution < 1.29 is 0 Å². The molecule has 2 saturated carbocycles. The van der Waals surface area contributed by atoms with Gasteiger partial charge in [0.05, 0.1) is 4.95 Å². The SMILES string of the molecule is CC1CC2C(C)C3CCC(Br)NC3CC2C1CCC1c2ccccc2-c2ccccc21. The van der Waals surface area contributed by atoms with Crippen molar-refractivity contribution in [3.05, 3.63) is 59.7 Å². The first-order chi connectivity index (χ1) is 15.1. The molecule has 0 bridgehead atoms. The van der Waals surface area contributed by atoms with Crippen molar-refractivity contribution in [1.82, 2.24) is 5.32 Å². The van der Waals surface area contributed by atoms with Gasteiger partial charge in [0.15, 0.2) is 0 Å². The summed E-state index contributed by atoms with van der Waals surface area (Å²) in [5.74, 6) is 6.02. The molecule has 31 heavy (non-hydrogen) atoms. The van der Waals surface area contributed by atoms with E-state index in [4.69, 9.17) is 0 Å². The summed E-state index contributed by atoms with van der Waals surface area (Å²) in [5.41, 5.74) is 6.09. The molecule has 2 aromatic rings. The number of rotatable bonds is 3. The van der Waals surface area contributed by atoms with E-state index in [2.05, 4.69) is 83.6 Å². The molecule has 8 unspecified atom stereocenters. The van der Waals surface area contributed by atoms with Crippen LogP contribution in [0.1, 0.15) is 69.4 Å². The maximum atomic E-state index is 3.94. The first-order valence-corrected chi connectivity index (χ1v) is 13.6. The van der Waals surface area contributed by atoms with Crippen LogP contribution < -0.4 is 5.32 Å². The van der Waals surface area contributed by atoms with Gasteiger partial charge in [-0.3, -0.25) is 0 Å². The van der Waals surface area contributed by atoms with E-state index in [0.717, 1.165) is 41.5 Å². The van der Waals surface area contributed by atoms with Gasteiger partial charge in [0.1, 0.15) is 0 Å². The predicted octanol–water partition coefficient (Wildman–Crippen LogP) is 7.60. The first kappa shape index (κ1) is 20.5. The second kappa shape index (κ2) is 8.03. The smallest absolute Gasteiger partial charge is 0.0632 e. The summed E-state index contributed by atoms with van der Waals surface area (Å²) in [6.07, 6.45) is 8.28. The minimum absolute atomic E-state index is 0.529. The second-order valence-electron chi connectivity index (χ2n) is 11.1. The van der Waals surface area contributed by atoms with Crippen molar-refractivity contribution in [2.24, 2.45) is 35.5 Å². The number of piperidine rings is 1. The van der Waals surface area contributed by atoms with Gasteiger partial charge in [0, 0.05) is 12.0 Å². The Morgan fingerprint density at radius 2 is 1.48 bits per heavy atom. The van der Waals surface area contributed by atoms with Crippen molar-refractivity contribution in [3.63, 3.8) is 0 Å². The van der Waals surface area contributed by atoms with E-state index in [1.807, 2.05) is 0 Å². The average Bonchev–Trinajstić information content (AvgIpc) is 3.27. The molecule has 164 valence electrons. The summed E-state index contributed by atoms with van der Waals surface area (Å²) < 4.78 is 0. The number of alkyl halides is 1. The summed E-state index contributed by atoms with van der Waals surface area (Å²) in [6, 6.07) is 19.0. The monoisotopic (exact) mass is 477 g/mol. The van der Waals surface area contributed by atoms with Gasteiger partial charge >= 0.3 is 0 Å². The molecule has 0 aromatic heterocycles. The lowest BCUT2D eigenvalue weighted by atomic mass is 9.62. The lowest BCUT2D eigenvalue weighted by molar-refractivity contribution is 0.0441. The molecule has 1 saturated heterocycles. The van der Waals surface area contributed by atoms with E-state index in [1.165, 1.54) is 49.7 Å². The molecule has 2 heteroatoms. The van der Waals surface area contributed by atoms with Crippen LogP contribution in [0.25, 0.3) is 11.1 Å². The van der Waals surface area contributed by atoms with Gasteiger partial charge in [-0.05, 0) is 96.3 Å². The summed E-state index contributed by atoms with van der Waals surface area (Å²) in [4.78, 5) is 0.529. The maximum absolute atomic E-state index is 3.94. The number of nitrogens with one attached hydrogen (secondary N) is 1. The van der Waals surface area contributed by atoms with Crippen molar-refractivity contribution in [1.29, 1.82) is 0 Å². The fourth-order valence-corrected chi connectivity index (χ4v) is 8.97. The zero-order valence-corrected chi connectivity index (χ0v) is 20.5. The number of fused-ring (bicyclic) bond motifs is 5. The van der Waals surface area contributed by atoms with E-state index in [-0.39, 0.29) is 0 Å². The molecule has 0 spiro atoms. The minimum atomic E-state index is 0.529. The molecule has 3 aliphatic carbocycles. The third kappa shape index (κ3) is 3.35. The third-order valence-electron chi connectivity index (χ3n) is 9.77. The highest BCUT2D eigenvalue weighted by atomic mass is 79.9. The predicted molar refractivity (Wildman–Crippen MR) is 133 cm³/mol. The van der Waals surface area contributed by atoms with Gasteiger partial charge < -0.3 is 5.32 Å². The molecule has 2 aromatic carbocycles. The van der Waals surface area contributed by atoms with E-state index in [1.54, 1.807) is 11.1 Å². The van der Waals surface area contributed by atoms with Crippen LogP contribution in [0, 0.1) is 35.5 Å². The Morgan fingerprint density at radius 1 is 0.806 bits per heavy atom. The summed E-state index contributed by atoms with van der Waals surface area (Å²) >= 11 is 3.86. The van der Waals surface area contributed by atoms with Gasteiger partial charge in [-0.15, -0.1) is 0 Å². The number of halogens is 1. The fourth-order valence-electron chi connectivity index (χ4n) is 8.36. The topological polar surface area (TPSA) is 12.0 Å². The standard InChI is InChI=1S/C29H36BrN/c1-17-15-26-18(2)20-13-14-29(30)31-28(20)16-27(26)19(17)11-12-25-23-9-5-3-7-21(23)22-8-4-6-10-24(22)25/h3-10,17-20,25-29,31H,11-16H2,1-2H3. The van der Waals surface area contributed by atoms with Crippen molar-refractivity contribution in [3.8, 4) is 11.1 Å². The van der Waals surface area contributed by atoms with Crippen LogP contribution in [-0.4, -0.2) is 11.0 Å². The molecule has 4 aliphatic rings. The zero-order chi connectivity index (χ0) is 21.1. The second-order valence-corrected chi connectivity index (χ2v) is 12.2. The van der Waals surface area contributed by atoms with Gasteiger partial charge in [-0.2, -0.15) is 0 Å². The van der Waals surface area contributed by atoms with Crippen LogP contribution >= 0.6 is 15.9 Å². The molecule has 0 radical (unpaired) electrons. The van der Waals surface area contributed by atoms with E-state index >= 15 is 0 Å². The average molecular weight is 479 g/mol. The molecule has 1 aliphatic heterocycles. The van der Waals surface area contributed by atoms with Crippen LogP contribution in [0.15, 0.2) is 48.5 Å². The highest BCUT2D eigenvalue weighted by Gasteiger charge is 2.51. The molecule has 6 rings (SSSR count). The Labute approximate surface area is 196 Å².